The largest absolute Gasteiger partial charge is 0.478 e. The predicted octanol–water partition coefficient (Wildman–Crippen LogP) is 9.06. The SMILES string of the molecule is CSc1ccc(CC/C(=C/C(=O)O)c2ccccc2)cc1.CSc1ccc(CC/C(=C\OC=O)c2ccccc2)cc1. The minimum Gasteiger partial charge on any atom is -0.478 e. The second-order valence-electron chi connectivity index (χ2n) is 9.31. The molecule has 0 aromatic heterocycles. The Balaban J connectivity index is 0.000000230. The van der Waals surface area contributed by atoms with Crippen LogP contribution in [0.5, 0.6) is 0 Å². The van der Waals surface area contributed by atoms with E-state index in [1.807, 2.05) is 60.7 Å². The minimum absolute atomic E-state index is 0.455. The lowest BCUT2D eigenvalue weighted by Crippen LogP contribution is -1.95. The molecule has 0 heterocycles. The van der Waals surface area contributed by atoms with Crippen LogP contribution in [0.2, 0.25) is 0 Å². The number of hydrogen-bond acceptors (Lipinski definition) is 5. The molecule has 0 aliphatic carbocycles. The Morgan fingerprint density at radius 1 is 0.667 bits per heavy atom. The molecule has 4 aromatic rings. The quantitative estimate of drug-likeness (QED) is 0.0719. The van der Waals surface area contributed by atoms with E-state index in [-0.39, 0.29) is 0 Å². The number of benzene rings is 4. The average Bonchev–Trinajstić information content (AvgIpc) is 3.04. The van der Waals surface area contributed by atoms with Crippen molar-refractivity contribution in [1.29, 1.82) is 0 Å². The van der Waals surface area contributed by atoms with Crippen LogP contribution in [0, 0.1) is 0 Å². The van der Waals surface area contributed by atoms with Crippen LogP contribution >= 0.6 is 23.5 Å². The van der Waals surface area contributed by atoms with Gasteiger partial charge in [-0.05, 0) is 95.9 Å². The summed E-state index contributed by atoms with van der Waals surface area (Å²) in [6, 6.07) is 36.7. The molecule has 6 heteroatoms. The Bertz CT molecular complexity index is 1430. The number of carbonyl (C=O) groups excluding carboxylic acids is 1. The van der Waals surface area contributed by atoms with Crippen molar-refractivity contribution >= 4 is 47.1 Å². The summed E-state index contributed by atoms with van der Waals surface area (Å²) in [6.45, 7) is 0.455. The third kappa shape index (κ3) is 11.5. The highest BCUT2D eigenvalue weighted by Crippen LogP contribution is 2.23. The molecule has 4 rings (SSSR count). The highest BCUT2D eigenvalue weighted by atomic mass is 32.2. The first kappa shape index (κ1) is 32.5. The van der Waals surface area contributed by atoms with Crippen molar-refractivity contribution in [1.82, 2.24) is 0 Å². The van der Waals surface area contributed by atoms with E-state index >= 15 is 0 Å². The molecule has 216 valence electrons. The minimum atomic E-state index is -0.897. The Kier molecular flexibility index (Phi) is 14.3. The lowest BCUT2D eigenvalue weighted by molar-refractivity contribution is -0.131. The molecular weight excluding hydrogens is 561 g/mol. The maximum Gasteiger partial charge on any atom is 0.328 e. The van der Waals surface area contributed by atoms with Gasteiger partial charge in [0.25, 0.3) is 6.47 Å². The zero-order valence-electron chi connectivity index (χ0n) is 23.9. The van der Waals surface area contributed by atoms with Gasteiger partial charge in [0, 0.05) is 15.9 Å². The number of hydrogen-bond donors (Lipinski definition) is 1. The normalized spacial score (nSPS) is 11.3. The van der Waals surface area contributed by atoms with Gasteiger partial charge in [0.2, 0.25) is 0 Å². The zero-order valence-corrected chi connectivity index (χ0v) is 25.6. The van der Waals surface area contributed by atoms with Crippen molar-refractivity contribution in [2.45, 2.75) is 35.5 Å². The van der Waals surface area contributed by atoms with Crippen molar-refractivity contribution in [2.75, 3.05) is 12.5 Å². The molecule has 0 unspecified atom stereocenters. The molecule has 0 saturated carbocycles. The summed E-state index contributed by atoms with van der Waals surface area (Å²) in [5.41, 5.74) is 6.44. The van der Waals surface area contributed by atoms with Gasteiger partial charge in [-0.15, -0.1) is 23.5 Å². The van der Waals surface area contributed by atoms with Crippen LogP contribution < -0.4 is 0 Å². The zero-order chi connectivity index (χ0) is 30.0. The number of carboxylic acids is 1. The van der Waals surface area contributed by atoms with Gasteiger partial charge in [0.15, 0.2) is 0 Å². The fourth-order valence-corrected chi connectivity index (χ4v) is 5.09. The summed E-state index contributed by atoms with van der Waals surface area (Å²) in [5.74, 6) is -0.897. The molecule has 0 saturated heterocycles. The molecule has 1 N–H and O–H groups in total. The summed E-state index contributed by atoms with van der Waals surface area (Å²) >= 11 is 3.46. The van der Waals surface area contributed by atoms with Gasteiger partial charge in [-0.2, -0.15) is 0 Å². The van der Waals surface area contributed by atoms with Crippen LogP contribution in [0.1, 0.15) is 35.1 Å². The van der Waals surface area contributed by atoms with Gasteiger partial charge in [0.05, 0.1) is 6.26 Å². The van der Waals surface area contributed by atoms with Gasteiger partial charge in [-0.25, -0.2) is 4.79 Å². The standard InChI is InChI=1S/2C18H18O2S/c1-21-18-11-8-15(9-12-18)7-10-17(13-20-14-19)16-5-3-2-4-6-16;1-21-17-11-8-14(9-12-17)7-10-16(13-18(19)20)15-5-3-2-4-6-15/h2-6,8-9,11-14H,7,10H2,1H3;2-6,8-9,11-13H,7,10H2,1H3,(H,19,20)/b17-13+;16-13-. The smallest absolute Gasteiger partial charge is 0.328 e. The third-order valence-electron chi connectivity index (χ3n) is 6.54. The van der Waals surface area contributed by atoms with Gasteiger partial charge in [0.1, 0.15) is 0 Å². The van der Waals surface area contributed by atoms with Gasteiger partial charge >= 0.3 is 5.97 Å². The van der Waals surface area contributed by atoms with Gasteiger partial charge < -0.3 is 9.84 Å². The summed E-state index contributed by atoms with van der Waals surface area (Å²) < 4.78 is 4.83. The first-order valence-electron chi connectivity index (χ1n) is 13.6. The molecule has 0 atom stereocenters. The molecule has 0 amide bonds. The lowest BCUT2D eigenvalue weighted by atomic mass is 9.98. The number of rotatable bonds is 13. The Morgan fingerprint density at radius 2 is 1.10 bits per heavy atom. The van der Waals surface area contributed by atoms with Crippen molar-refractivity contribution in [2.24, 2.45) is 0 Å². The van der Waals surface area contributed by atoms with Crippen molar-refractivity contribution in [3.8, 4) is 0 Å². The maximum atomic E-state index is 11.0. The first-order valence-corrected chi connectivity index (χ1v) is 16.1. The van der Waals surface area contributed by atoms with Gasteiger partial charge in [-0.3, -0.25) is 4.79 Å². The maximum absolute atomic E-state index is 11.0. The Labute approximate surface area is 257 Å². The number of allylic oxidation sites excluding steroid dienone is 2. The van der Waals surface area contributed by atoms with Crippen molar-refractivity contribution in [3.63, 3.8) is 0 Å². The fraction of sp³-hybridized carbons (Fsp3) is 0.167. The third-order valence-corrected chi connectivity index (χ3v) is 8.02. The molecule has 42 heavy (non-hydrogen) atoms. The summed E-state index contributed by atoms with van der Waals surface area (Å²) in [7, 11) is 0. The summed E-state index contributed by atoms with van der Waals surface area (Å²) in [4.78, 5) is 23.9. The van der Waals surface area contributed by atoms with E-state index in [1.54, 1.807) is 29.8 Å². The number of carboxylic acid groups (broad SMARTS) is 1. The molecule has 0 radical (unpaired) electrons. The Hall–Kier alpha value is -4.00. The van der Waals surface area contributed by atoms with E-state index in [0.29, 0.717) is 6.47 Å². The van der Waals surface area contributed by atoms with Crippen molar-refractivity contribution in [3.05, 3.63) is 144 Å². The monoisotopic (exact) mass is 596 g/mol. The second kappa shape index (κ2) is 18.4. The van der Waals surface area contributed by atoms with Crippen LogP contribution in [-0.4, -0.2) is 30.1 Å². The van der Waals surface area contributed by atoms with Crippen LogP contribution in [0.15, 0.2) is 131 Å². The highest BCUT2D eigenvalue weighted by Gasteiger charge is 2.06. The molecular formula is C36H36O4S2. The molecule has 0 fully saturated rings. The predicted molar refractivity (Wildman–Crippen MR) is 177 cm³/mol. The van der Waals surface area contributed by atoms with Crippen LogP contribution in [0.3, 0.4) is 0 Å². The molecule has 0 bridgehead atoms. The molecule has 0 aliphatic rings. The average molecular weight is 597 g/mol. The number of ether oxygens (including phenoxy) is 1. The summed E-state index contributed by atoms with van der Waals surface area (Å²) in [5, 5.41) is 9.03. The van der Waals surface area contributed by atoms with Crippen LogP contribution in [-0.2, 0) is 27.2 Å². The summed E-state index contributed by atoms with van der Waals surface area (Å²) in [6.07, 6.45) is 10.3. The van der Waals surface area contributed by atoms with Crippen LogP contribution in [0.25, 0.3) is 11.1 Å². The highest BCUT2D eigenvalue weighted by molar-refractivity contribution is 7.98. The van der Waals surface area contributed by atoms with Crippen molar-refractivity contribution < 1.29 is 19.4 Å². The number of aliphatic carboxylic acids is 1. The van der Waals surface area contributed by atoms with E-state index in [2.05, 4.69) is 61.0 Å². The molecule has 4 nitrogen and oxygen atoms in total. The van der Waals surface area contributed by atoms with E-state index < -0.39 is 5.97 Å². The van der Waals surface area contributed by atoms with Gasteiger partial charge in [-0.1, -0.05) is 84.9 Å². The van der Waals surface area contributed by atoms with E-state index in [9.17, 15) is 9.59 Å². The fourth-order valence-electron chi connectivity index (χ4n) is 4.28. The Morgan fingerprint density at radius 3 is 1.50 bits per heavy atom. The molecule has 0 aliphatic heterocycles. The molecule has 0 spiro atoms. The van der Waals surface area contributed by atoms with E-state index in [4.69, 9.17) is 9.84 Å². The number of aryl methyl sites for hydroxylation is 2. The number of thioether (sulfide) groups is 2. The van der Waals surface area contributed by atoms with E-state index in [1.165, 1.54) is 27.0 Å². The topological polar surface area (TPSA) is 63.6 Å². The van der Waals surface area contributed by atoms with E-state index in [0.717, 1.165) is 48.0 Å². The van der Waals surface area contributed by atoms with Crippen LogP contribution in [0.4, 0.5) is 0 Å². The second-order valence-corrected chi connectivity index (χ2v) is 11.1. The first-order chi connectivity index (χ1) is 20.5. The molecule has 4 aromatic carbocycles. The lowest BCUT2D eigenvalue weighted by Gasteiger charge is -2.08. The number of carbonyl (C=O) groups is 2.